The zero-order chi connectivity index (χ0) is 35.6. The highest BCUT2D eigenvalue weighted by molar-refractivity contribution is 5.38. The molecule has 3 aliphatic rings. The first kappa shape index (κ1) is 43.2. The fourth-order valence-corrected chi connectivity index (χ4v) is 8.14. The molecule has 0 saturated heterocycles. The number of unbranched alkanes of at least 4 members (excludes halogenated alkanes) is 3. The summed E-state index contributed by atoms with van der Waals surface area (Å²) in [7, 11) is 0. The topological polar surface area (TPSA) is 0 Å². The van der Waals surface area contributed by atoms with E-state index in [2.05, 4.69) is 125 Å². The third kappa shape index (κ3) is 13.9. The molecule has 0 nitrogen and oxygen atoms in total. The summed E-state index contributed by atoms with van der Waals surface area (Å²) in [6, 6.07) is 0. The molecule has 3 atom stereocenters. The summed E-state index contributed by atoms with van der Waals surface area (Å²) in [6.07, 6.45) is 33.2. The molecule has 0 aromatic heterocycles. The van der Waals surface area contributed by atoms with Crippen LogP contribution in [0.25, 0.3) is 0 Å². The summed E-state index contributed by atoms with van der Waals surface area (Å²) in [5.74, 6) is 3.52. The molecule has 0 heterocycles. The van der Waals surface area contributed by atoms with Gasteiger partial charge in [0.25, 0.3) is 0 Å². The van der Waals surface area contributed by atoms with E-state index in [4.69, 9.17) is 0 Å². The van der Waals surface area contributed by atoms with Gasteiger partial charge in [-0.25, -0.2) is 0 Å². The van der Waals surface area contributed by atoms with Gasteiger partial charge >= 0.3 is 0 Å². The smallest absolute Gasteiger partial charge is 0.000498 e. The van der Waals surface area contributed by atoms with Crippen LogP contribution in [0, 0.1) is 40.4 Å². The van der Waals surface area contributed by atoms with E-state index in [1.807, 2.05) is 13.8 Å². The zero-order valence-corrected chi connectivity index (χ0v) is 34.0. The zero-order valence-electron chi connectivity index (χ0n) is 34.0. The first-order valence-electron chi connectivity index (χ1n) is 20.2. The van der Waals surface area contributed by atoms with Gasteiger partial charge in [-0.1, -0.05) is 156 Å². The number of hydrogen-bond acceptors (Lipinski definition) is 0. The van der Waals surface area contributed by atoms with Crippen LogP contribution in [0.4, 0.5) is 0 Å². The summed E-state index contributed by atoms with van der Waals surface area (Å²) in [6.45, 7) is 33.7. The molecule has 2 fully saturated rings. The number of rotatable bonds is 14. The third-order valence-electron chi connectivity index (χ3n) is 11.5. The van der Waals surface area contributed by atoms with Crippen molar-refractivity contribution in [3.63, 3.8) is 0 Å². The van der Waals surface area contributed by atoms with Gasteiger partial charge in [-0.2, -0.15) is 0 Å². The van der Waals surface area contributed by atoms with Crippen LogP contribution in [0.15, 0.2) is 76.6 Å². The molecule has 0 aliphatic heterocycles. The van der Waals surface area contributed by atoms with E-state index in [1.165, 1.54) is 106 Å². The Labute approximate surface area is 296 Å². The van der Waals surface area contributed by atoms with Gasteiger partial charge in [0, 0.05) is 5.41 Å². The molecule has 0 amide bonds. The second-order valence-corrected chi connectivity index (χ2v) is 16.2. The number of hydrogen-bond donors (Lipinski definition) is 0. The lowest BCUT2D eigenvalue weighted by Gasteiger charge is -2.32. The van der Waals surface area contributed by atoms with Gasteiger partial charge in [-0.15, -0.1) is 5.73 Å². The molecule has 0 aromatic carbocycles. The molecule has 2 saturated carbocycles. The monoisotopic (exact) mass is 645 g/mol. The molecule has 0 radical (unpaired) electrons. The molecular formula is C47H80. The highest BCUT2D eigenvalue weighted by Crippen LogP contribution is 2.63. The van der Waals surface area contributed by atoms with Gasteiger partial charge < -0.3 is 0 Å². The van der Waals surface area contributed by atoms with Crippen LogP contribution in [0.5, 0.6) is 0 Å². The van der Waals surface area contributed by atoms with Crippen molar-refractivity contribution >= 4 is 0 Å². The first-order valence-corrected chi connectivity index (χ1v) is 20.2. The van der Waals surface area contributed by atoms with Gasteiger partial charge in [0.2, 0.25) is 0 Å². The largest absolute Gasteiger partial charge is 0.117 e. The van der Waals surface area contributed by atoms with Crippen LogP contribution in [0.1, 0.15) is 180 Å². The Hall–Kier alpha value is -1.78. The summed E-state index contributed by atoms with van der Waals surface area (Å²) >= 11 is 0. The van der Waals surface area contributed by atoms with E-state index in [0.717, 1.165) is 24.2 Å². The highest BCUT2D eigenvalue weighted by Gasteiger charge is 2.53. The molecule has 3 aliphatic carbocycles. The standard InChI is InChI=1S/C30H48.C15H26.C2H6/c1-10-26(30(20-21-30)29(7,8)9)17-16-24(6)27(22(2)3)18-19-28(23(4)5)25-14-12-11-13-15-25;1-4-6-7-8-9-14-10-11-15(5-2)13(3)12-14;1-2/h10,17-18,22,25,28H,4,11-15,19-21H2,1-3,5-9H3;10-13,15H,4-9H2,1-3H3;1-2H3/b26-10+,27-18+;;. The van der Waals surface area contributed by atoms with Crippen LogP contribution in [0.3, 0.4) is 0 Å². The van der Waals surface area contributed by atoms with E-state index < -0.39 is 0 Å². The van der Waals surface area contributed by atoms with Gasteiger partial charge in [-0.3, -0.25) is 0 Å². The Morgan fingerprint density at radius 2 is 1.66 bits per heavy atom. The molecule has 0 aromatic rings. The van der Waals surface area contributed by atoms with Crippen molar-refractivity contribution in [3.05, 3.63) is 76.6 Å². The van der Waals surface area contributed by atoms with Crippen LogP contribution in [-0.4, -0.2) is 0 Å². The normalized spacial score (nSPS) is 21.8. The van der Waals surface area contributed by atoms with E-state index >= 15 is 0 Å². The summed E-state index contributed by atoms with van der Waals surface area (Å²) in [5, 5.41) is 0. The fourth-order valence-electron chi connectivity index (χ4n) is 8.14. The SMILES string of the molecule is C=C(C)C(C/C=C(/C(C)=C=C/C(=C\C)C1(C(C)(C)C)CC1)C(C)C)C1CCCCC1.CC.CCCCCCC1=CC(C)C(CC)C=C1. The quantitative estimate of drug-likeness (QED) is 0.0764. The maximum Gasteiger partial charge on any atom is 0.000498 e. The maximum absolute atomic E-state index is 4.36. The fraction of sp³-hybridized carbons (Fsp3) is 0.723. The first-order chi connectivity index (χ1) is 22.3. The minimum Gasteiger partial charge on any atom is -0.117 e. The molecule has 268 valence electrons. The van der Waals surface area contributed by atoms with Gasteiger partial charge in [-0.05, 0) is 130 Å². The van der Waals surface area contributed by atoms with Crippen molar-refractivity contribution in [2.24, 2.45) is 40.4 Å². The summed E-state index contributed by atoms with van der Waals surface area (Å²) in [4.78, 5) is 0. The van der Waals surface area contributed by atoms with E-state index in [-0.39, 0.29) is 0 Å². The van der Waals surface area contributed by atoms with E-state index in [1.54, 1.807) is 5.57 Å². The second kappa shape index (κ2) is 22.0. The van der Waals surface area contributed by atoms with Crippen molar-refractivity contribution < 1.29 is 0 Å². The Bertz CT molecular complexity index is 1090. The predicted molar refractivity (Wildman–Crippen MR) is 215 cm³/mol. The second-order valence-electron chi connectivity index (χ2n) is 16.2. The van der Waals surface area contributed by atoms with Crippen LogP contribution < -0.4 is 0 Å². The highest BCUT2D eigenvalue weighted by atomic mass is 14.6. The van der Waals surface area contributed by atoms with Crippen molar-refractivity contribution in [2.45, 2.75) is 180 Å². The Morgan fingerprint density at radius 1 is 1.02 bits per heavy atom. The molecular weight excluding hydrogens is 565 g/mol. The van der Waals surface area contributed by atoms with Crippen LogP contribution in [0.2, 0.25) is 0 Å². The van der Waals surface area contributed by atoms with Gasteiger partial charge in [0.05, 0.1) is 0 Å². The van der Waals surface area contributed by atoms with Crippen LogP contribution in [-0.2, 0) is 0 Å². The third-order valence-corrected chi connectivity index (χ3v) is 11.5. The lowest BCUT2D eigenvalue weighted by molar-refractivity contribution is 0.260. The molecule has 3 unspecified atom stereocenters. The van der Waals surface area contributed by atoms with Crippen molar-refractivity contribution in [2.75, 3.05) is 0 Å². The van der Waals surface area contributed by atoms with Gasteiger partial charge in [0.1, 0.15) is 0 Å². The minimum absolute atomic E-state index is 0.312. The predicted octanol–water partition coefficient (Wildman–Crippen LogP) is 15.7. The Kier molecular flexibility index (Phi) is 20.3. The summed E-state index contributed by atoms with van der Waals surface area (Å²) < 4.78 is 0. The number of allylic oxidation sites excluding steroid dienone is 10. The van der Waals surface area contributed by atoms with E-state index in [0.29, 0.717) is 22.7 Å². The lowest BCUT2D eigenvalue weighted by Crippen LogP contribution is -2.23. The Balaban J connectivity index is 0.000000544. The molecule has 47 heavy (non-hydrogen) atoms. The summed E-state index contributed by atoms with van der Waals surface area (Å²) in [5.41, 5.74) is 11.5. The molecule has 0 N–H and O–H groups in total. The average molecular weight is 645 g/mol. The van der Waals surface area contributed by atoms with Crippen molar-refractivity contribution in [1.29, 1.82) is 0 Å². The van der Waals surface area contributed by atoms with Crippen molar-refractivity contribution in [3.8, 4) is 0 Å². The molecule has 3 rings (SSSR count). The molecule has 0 heteroatoms. The van der Waals surface area contributed by atoms with Crippen LogP contribution >= 0.6 is 0 Å². The average Bonchev–Trinajstić information content (AvgIpc) is 3.86. The lowest BCUT2D eigenvalue weighted by atomic mass is 9.72. The minimum atomic E-state index is 0.312. The van der Waals surface area contributed by atoms with Crippen molar-refractivity contribution in [1.82, 2.24) is 0 Å². The molecule has 0 bridgehead atoms. The Morgan fingerprint density at radius 3 is 2.13 bits per heavy atom. The molecule has 0 spiro atoms. The van der Waals surface area contributed by atoms with Gasteiger partial charge in [0.15, 0.2) is 0 Å². The van der Waals surface area contributed by atoms with E-state index in [9.17, 15) is 0 Å². The maximum atomic E-state index is 4.36.